The molecular weight excluding hydrogens is 292 g/mol. The summed E-state index contributed by atoms with van der Waals surface area (Å²) in [6.07, 6.45) is 0. The molecule has 0 aliphatic carbocycles. The van der Waals surface area contributed by atoms with Crippen molar-refractivity contribution in [3.05, 3.63) is 51.8 Å². The van der Waals surface area contributed by atoms with Crippen molar-refractivity contribution in [2.45, 2.75) is 27.3 Å². The molecule has 0 bridgehead atoms. The van der Waals surface area contributed by atoms with Gasteiger partial charge in [-0.15, -0.1) is 11.3 Å². The lowest BCUT2D eigenvalue weighted by molar-refractivity contribution is 0.582. The molecule has 0 saturated carbocycles. The molecule has 0 radical (unpaired) electrons. The number of imidazole rings is 1. The van der Waals surface area contributed by atoms with Crippen LogP contribution in [0.4, 0.5) is 14.5 Å². The Kier molecular flexibility index (Phi) is 3.41. The van der Waals surface area contributed by atoms with E-state index in [1.54, 1.807) is 18.3 Å². The number of aryl methyl sites for hydroxylation is 3. The van der Waals surface area contributed by atoms with Crippen LogP contribution in [0.25, 0.3) is 4.96 Å². The monoisotopic (exact) mass is 307 g/mol. The van der Waals surface area contributed by atoms with Gasteiger partial charge in [-0.05, 0) is 32.4 Å². The molecule has 1 aromatic carbocycles. The lowest BCUT2D eigenvalue weighted by atomic mass is 10.2. The Bertz CT molecular complexity index is 820. The standard InChI is InChI=1S/C15H15F2N3S/c1-8-4-5-11(16)14(13(8)17)18-6-12-10(3)19-15-20(12)9(2)7-21-15/h4-5,7,18H,6H2,1-3H3. The maximum Gasteiger partial charge on any atom is 0.194 e. The zero-order chi connectivity index (χ0) is 15.1. The molecule has 0 atom stereocenters. The van der Waals surface area contributed by atoms with Gasteiger partial charge in [0.2, 0.25) is 0 Å². The van der Waals surface area contributed by atoms with E-state index in [4.69, 9.17) is 0 Å². The van der Waals surface area contributed by atoms with Crippen molar-refractivity contribution in [1.82, 2.24) is 9.38 Å². The summed E-state index contributed by atoms with van der Waals surface area (Å²) >= 11 is 1.56. The molecule has 0 aliphatic rings. The third kappa shape index (κ3) is 2.29. The number of nitrogens with one attached hydrogen (secondary N) is 1. The summed E-state index contributed by atoms with van der Waals surface area (Å²) in [6, 6.07) is 2.70. The van der Waals surface area contributed by atoms with Crippen molar-refractivity contribution in [2.75, 3.05) is 5.32 Å². The van der Waals surface area contributed by atoms with Crippen LogP contribution in [0.15, 0.2) is 17.5 Å². The first-order valence-electron chi connectivity index (χ1n) is 6.59. The predicted octanol–water partition coefficient (Wildman–Crippen LogP) is 4.21. The normalized spacial score (nSPS) is 11.3. The van der Waals surface area contributed by atoms with E-state index < -0.39 is 11.6 Å². The van der Waals surface area contributed by atoms with Gasteiger partial charge in [-0.25, -0.2) is 13.8 Å². The number of hydrogen-bond acceptors (Lipinski definition) is 3. The Labute approximate surface area is 125 Å². The molecule has 3 nitrogen and oxygen atoms in total. The largest absolute Gasteiger partial charge is 0.375 e. The van der Waals surface area contributed by atoms with Crippen molar-refractivity contribution in [1.29, 1.82) is 0 Å². The summed E-state index contributed by atoms with van der Waals surface area (Å²) in [6.45, 7) is 5.83. The Morgan fingerprint density at radius 2 is 2.00 bits per heavy atom. The molecular formula is C15H15F2N3S. The highest BCUT2D eigenvalue weighted by molar-refractivity contribution is 7.15. The SMILES string of the molecule is Cc1ccc(F)c(NCc2c(C)nc3scc(C)n23)c1F. The van der Waals surface area contributed by atoms with Crippen LogP contribution in [0.5, 0.6) is 0 Å². The van der Waals surface area contributed by atoms with E-state index in [-0.39, 0.29) is 5.69 Å². The molecule has 0 unspecified atom stereocenters. The van der Waals surface area contributed by atoms with Crippen LogP contribution in [0.2, 0.25) is 0 Å². The maximum atomic E-state index is 14.0. The van der Waals surface area contributed by atoms with Crippen molar-refractivity contribution in [3.63, 3.8) is 0 Å². The highest BCUT2D eigenvalue weighted by Crippen LogP contribution is 2.24. The van der Waals surface area contributed by atoms with Crippen LogP contribution in [-0.2, 0) is 6.54 Å². The summed E-state index contributed by atoms with van der Waals surface area (Å²) in [5.74, 6) is -1.13. The van der Waals surface area contributed by atoms with Gasteiger partial charge in [-0.3, -0.25) is 4.40 Å². The molecule has 1 N–H and O–H groups in total. The van der Waals surface area contributed by atoms with Crippen LogP contribution in [-0.4, -0.2) is 9.38 Å². The number of fused-ring (bicyclic) bond motifs is 1. The van der Waals surface area contributed by atoms with Crippen LogP contribution in [0.1, 0.15) is 22.6 Å². The van der Waals surface area contributed by atoms with Crippen LogP contribution in [0, 0.1) is 32.4 Å². The fourth-order valence-electron chi connectivity index (χ4n) is 2.37. The zero-order valence-corrected chi connectivity index (χ0v) is 12.8. The molecule has 21 heavy (non-hydrogen) atoms. The third-order valence-electron chi connectivity index (χ3n) is 3.55. The van der Waals surface area contributed by atoms with E-state index in [0.717, 1.165) is 22.0 Å². The average molecular weight is 307 g/mol. The number of aromatic nitrogens is 2. The summed E-state index contributed by atoms with van der Waals surface area (Å²) in [4.78, 5) is 5.36. The van der Waals surface area contributed by atoms with E-state index in [2.05, 4.69) is 10.3 Å². The summed E-state index contributed by atoms with van der Waals surface area (Å²) in [5.41, 5.74) is 3.19. The lowest BCUT2D eigenvalue weighted by Gasteiger charge is -2.11. The number of benzene rings is 1. The van der Waals surface area contributed by atoms with Gasteiger partial charge in [-0.2, -0.15) is 0 Å². The van der Waals surface area contributed by atoms with Gasteiger partial charge in [0.25, 0.3) is 0 Å². The number of nitrogens with zero attached hydrogens (tertiary/aromatic N) is 2. The molecule has 0 spiro atoms. The molecule has 0 fully saturated rings. The van der Waals surface area contributed by atoms with E-state index in [9.17, 15) is 8.78 Å². The Morgan fingerprint density at radius 1 is 1.24 bits per heavy atom. The topological polar surface area (TPSA) is 29.3 Å². The second-order valence-corrected chi connectivity index (χ2v) is 5.88. The number of halogens is 2. The van der Waals surface area contributed by atoms with Gasteiger partial charge >= 0.3 is 0 Å². The van der Waals surface area contributed by atoms with Crippen molar-refractivity contribution < 1.29 is 8.78 Å². The number of hydrogen-bond donors (Lipinski definition) is 1. The second kappa shape index (κ2) is 5.11. The van der Waals surface area contributed by atoms with Gasteiger partial charge in [0.1, 0.15) is 11.5 Å². The third-order valence-corrected chi connectivity index (χ3v) is 4.49. The summed E-state index contributed by atoms with van der Waals surface area (Å²) in [5, 5.41) is 4.88. The predicted molar refractivity (Wildman–Crippen MR) is 81.0 cm³/mol. The first-order valence-corrected chi connectivity index (χ1v) is 7.47. The molecule has 3 aromatic rings. The van der Waals surface area contributed by atoms with Crippen LogP contribution >= 0.6 is 11.3 Å². The van der Waals surface area contributed by atoms with E-state index >= 15 is 0 Å². The maximum absolute atomic E-state index is 14.0. The molecule has 0 amide bonds. The Morgan fingerprint density at radius 3 is 2.76 bits per heavy atom. The Hall–Kier alpha value is -1.95. The van der Waals surface area contributed by atoms with Gasteiger partial charge in [0, 0.05) is 11.1 Å². The molecule has 3 rings (SSSR count). The van der Waals surface area contributed by atoms with E-state index in [1.165, 1.54) is 12.1 Å². The fraction of sp³-hybridized carbons (Fsp3) is 0.267. The van der Waals surface area contributed by atoms with Crippen molar-refractivity contribution in [3.8, 4) is 0 Å². The van der Waals surface area contributed by atoms with Gasteiger partial charge in [0.15, 0.2) is 10.8 Å². The quantitative estimate of drug-likeness (QED) is 0.785. The fourth-order valence-corrected chi connectivity index (χ4v) is 3.30. The summed E-state index contributed by atoms with van der Waals surface area (Å²) < 4.78 is 29.8. The van der Waals surface area contributed by atoms with Crippen LogP contribution in [0.3, 0.4) is 0 Å². The van der Waals surface area contributed by atoms with Gasteiger partial charge < -0.3 is 5.32 Å². The van der Waals surface area contributed by atoms with Crippen molar-refractivity contribution in [2.24, 2.45) is 0 Å². The molecule has 2 heterocycles. The molecule has 0 saturated heterocycles. The highest BCUT2D eigenvalue weighted by atomic mass is 32.1. The smallest absolute Gasteiger partial charge is 0.194 e. The molecule has 6 heteroatoms. The highest BCUT2D eigenvalue weighted by Gasteiger charge is 2.15. The van der Waals surface area contributed by atoms with Crippen molar-refractivity contribution >= 4 is 22.0 Å². The zero-order valence-electron chi connectivity index (χ0n) is 12.0. The minimum absolute atomic E-state index is 0.0859. The van der Waals surface area contributed by atoms with E-state index in [0.29, 0.717) is 12.1 Å². The number of thiazole rings is 1. The minimum Gasteiger partial charge on any atom is -0.375 e. The molecule has 110 valence electrons. The minimum atomic E-state index is -0.585. The van der Waals surface area contributed by atoms with Gasteiger partial charge in [0.05, 0.1) is 17.9 Å². The second-order valence-electron chi connectivity index (χ2n) is 5.05. The average Bonchev–Trinajstić information content (AvgIpc) is 2.95. The number of rotatable bonds is 3. The first kappa shape index (κ1) is 14.0. The van der Waals surface area contributed by atoms with Crippen LogP contribution < -0.4 is 5.32 Å². The first-order chi connectivity index (χ1) is 9.99. The summed E-state index contributed by atoms with van der Waals surface area (Å²) in [7, 11) is 0. The Balaban J connectivity index is 1.96. The van der Waals surface area contributed by atoms with E-state index in [1.807, 2.05) is 23.6 Å². The molecule has 2 aromatic heterocycles. The van der Waals surface area contributed by atoms with Gasteiger partial charge in [-0.1, -0.05) is 6.07 Å². The lowest BCUT2D eigenvalue weighted by Crippen LogP contribution is -2.08. The molecule has 0 aliphatic heterocycles. The number of anilines is 1.